The normalized spacial score (nSPS) is 10.6. The zero-order valence-corrected chi connectivity index (χ0v) is 27.3. The maximum Gasteiger partial charge on any atom is 0.303 e. The molecule has 246 valence electrons. The second-order valence-corrected chi connectivity index (χ2v) is 10.9. The number of rotatable bonds is 28. The summed E-state index contributed by atoms with van der Waals surface area (Å²) in [4.78, 5) is 30.6. The van der Waals surface area contributed by atoms with Gasteiger partial charge >= 0.3 is 17.9 Å². The zero-order valence-electron chi connectivity index (χ0n) is 27.3. The van der Waals surface area contributed by atoms with Gasteiger partial charge in [-0.1, -0.05) is 114 Å². The van der Waals surface area contributed by atoms with Crippen LogP contribution in [0.3, 0.4) is 0 Å². The minimum Gasteiger partial charge on any atom is -0.481 e. The highest BCUT2D eigenvalue weighted by atomic mass is 16.4. The SMILES string of the molecule is C/C=C\CCCCCCCCC(=O)O.C=CCCCCCCCCCC(=O)O.CC/C=C\CCCCCCCC(=O)O. The van der Waals surface area contributed by atoms with Crippen molar-refractivity contribution in [3.8, 4) is 0 Å². The Labute approximate surface area is 258 Å². The Morgan fingerprint density at radius 3 is 1.10 bits per heavy atom. The molecule has 42 heavy (non-hydrogen) atoms. The molecule has 3 N–H and O–H groups in total. The van der Waals surface area contributed by atoms with Crippen LogP contribution < -0.4 is 0 Å². The van der Waals surface area contributed by atoms with Crippen LogP contribution in [0.1, 0.15) is 174 Å². The zero-order chi connectivity index (χ0) is 31.9. The van der Waals surface area contributed by atoms with Gasteiger partial charge in [-0.2, -0.15) is 0 Å². The van der Waals surface area contributed by atoms with E-state index in [1.54, 1.807) is 0 Å². The fourth-order valence-electron chi connectivity index (χ4n) is 4.21. The summed E-state index contributed by atoms with van der Waals surface area (Å²) in [6, 6.07) is 0. The quantitative estimate of drug-likeness (QED) is 0.0613. The van der Waals surface area contributed by atoms with Gasteiger partial charge < -0.3 is 15.3 Å². The van der Waals surface area contributed by atoms with Gasteiger partial charge in [0.25, 0.3) is 0 Å². The lowest BCUT2D eigenvalue weighted by Gasteiger charge is -1.99. The van der Waals surface area contributed by atoms with E-state index >= 15 is 0 Å². The van der Waals surface area contributed by atoms with Crippen molar-refractivity contribution >= 4 is 17.9 Å². The number of hydrogen-bond acceptors (Lipinski definition) is 3. The molecule has 0 heterocycles. The van der Waals surface area contributed by atoms with Crippen LogP contribution in [0.15, 0.2) is 37.0 Å². The van der Waals surface area contributed by atoms with Crippen molar-refractivity contribution in [1.82, 2.24) is 0 Å². The molecule has 6 heteroatoms. The molecule has 0 unspecified atom stereocenters. The topological polar surface area (TPSA) is 112 Å². The Hall–Kier alpha value is -2.37. The Balaban J connectivity index is -0.000000543. The second kappa shape index (κ2) is 40.8. The standard InChI is InChI=1S/3C12H22O2/c3*1-2-3-4-5-6-7-8-9-10-11-12(13)14/h3-4H,2,5-11H2,1H3,(H,13,14);2-3H,4-11H2,1H3,(H,13,14);2H,1,3-11H2,(H,13,14)/b4-3-;3-2-;. The van der Waals surface area contributed by atoms with Gasteiger partial charge in [0, 0.05) is 19.3 Å². The summed E-state index contributed by atoms with van der Waals surface area (Å²) in [7, 11) is 0. The van der Waals surface area contributed by atoms with Crippen LogP contribution >= 0.6 is 0 Å². The maximum absolute atomic E-state index is 10.2. The number of carboxylic acid groups (broad SMARTS) is 3. The summed E-state index contributed by atoms with van der Waals surface area (Å²) < 4.78 is 0. The highest BCUT2D eigenvalue weighted by Gasteiger charge is 1.97. The summed E-state index contributed by atoms with van der Waals surface area (Å²) in [6.45, 7) is 7.87. The molecule has 0 saturated carbocycles. The summed E-state index contributed by atoms with van der Waals surface area (Å²) in [5.74, 6) is -2.01. The van der Waals surface area contributed by atoms with Crippen LogP contribution in [0.2, 0.25) is 0 Å². The lowest BCUT2D eigenvalue weighted by atomic mass is 10.1. The molecule has 0 aromatic heterocycles. The van der Waals surface area contributed by atoms with Crippen molar-refractivity contribution in [2.45, 2.75) is 174 Å². The molecule has 0 aliphatic heterocycles. The molecule has 0 atom stereocenters. The van der Waals surface area contributed by atoms with E-state index in [4.69, 9.17) is 15.3 Å². The van der Waals surface area contributed by atoms with Crippen LogP contribution in [0.25, 0.3) is 0 Å². The Morgan fingerprint density at radius 1 is 0.476 bits per heavy atom. The van der Waals surface area contributed by atoms with Crippen LogP contribution in [-0.2, 0) is 14.4 Å². The predicted molar refractivity (Wildman–Crippen MR) is 178 cm³/mol. The highest BCUT2D eigenvalue weighted by Crippen LogP contribution is 2.10. The number of carbonyl (C=O) groups is 3. The van der Waals surface area contributed by atoms with Gasteiger partial charge in [0.05, 0.1) is 0 Å². The van der Waals surface area contributed by atoms with E-state index in [0.29, 0.717) is 19.3 Å². The fraction of sp³-hybridized carbons (Fsp3) is 0.750. The lowest BCUT2D eigenvalue weighted by molar-refractivity contribution is -0.138. The molecule has 0 aliphatic rings. The first-order valence-electron chi connectivity index (χ1n) is 16.8. The van der Waals surface area contributed by atoms with E-state index in [0.717, 1.165) is 51.4 Å². The number of unbranched alkanes of at least 4 members (excludes halogenated alkanes) is 18. The number of aliphatic carboxylic acids is 3. The average Bonchev–Trinajstić information content (AvgIpc) is 2.95. The number of carboxylic acids is 3. The van der Waals surface area contributed by atoms with E-state index in [9.17, 15) is 14.4 Å². The predicted octanol–water partition coefficient (Wildman–Crippen LogP) is 11.3. The van der Waals surface area contributed by atoms with Crippen LogP contribution in [0.5, 0.6) is 0 Å². The third kappa shape index (κ3) is 53.8. The molecule has 0 saturated heterocycles. The maximum atomic E-state index is 10.2. The molecule has 6 nitrogen and oxygen atoms in total. The van der Waals surface area contributed by atoms with Crippen LogP contribution in [0.4, 0.5) is 0 Å². The Morgan fingerprint density at radius 2 is 0.786 bits per heavy atom. The van der Waals surface area contributed by atoms with Crippen molar-refractivity contribution in [3.63, 3.8) is 0 Å². The lowest BCUT2D eigenvalue weighted by Crippen LogP contribution is -1.93. The van der Waals surface area contributed by atoms with Gasteiger partial charge in [-0.05, 0) is 71.1 Å². The molecule has 0 fully saturated rings. The van der Waals surface area contributed by atoms with Crippen molar-refractivity contribution in [2.75, 3.05) is 0 Å². The van der Waals surface area contributed by atoms with Gasteiger partial charge in [-0.25, -0.2) is 0 Å². The molecule has 0 aromatic rings. The number of hydrogen-bond donors (Lipinski definition) is 3. The molecular weight excluding hydrogens is 528 g/mol. The smallest absolute Gasteiger partial charge is 0.303 e. The van der Waals surface area contributed by atoms with Gasteiger partial charge in [-0.15, -0.1) is 6.58 Å². The van der Waals surface area contributed by atoms with Gasteiger partial charge in [0.15, 0.2) is 0 Å². The second-order valence-electron chi connectivity index (χ2n) is 10.9. The molecular formula is C36H66O6. The molecule has 0 spiro atoms. The van der Waals surface area contributed by atoms with Gasteiger partial charge in [-0.3, -0.25) is 14.4 Å². The number of allylic oxidation sites excluding steroid dienone is 5. The van der Waals surface area contributed by atoms with Crippen molar-refractivity contribution < 1.29 is 29.7 Å². The summed E-state index contributed by atoms with van der Waals surface area (Å²) in [5.41, 5.74) is 0. The van der Waals surface area contributed by atoms with E-state index in [2.05, 4.69) is 37.8 Å². The Bertz CT molecular complexity index is 653. The molecule has 0 amide bonds. The minimum absolute atomic E-state index is 0.329. The first kappa shape index (κ1) is 44.1. The van der Waals surface area contributed by atoms with Gasteiger partial charge in [0.2, 0.25) is 0 Å². The fourth-order valence-corrected chi connectivity index (χ4v) is 4.21. The monoisotopic (exact) mass is 594 g/mol. The average molecular weight is 595 g/mol. The van der Waals surface area contributed by atoms with E-state index in [1.807, 2.05) is 13.0 Å². The molecule has 0 aliphatic carbocycles. The van der Waals surface area contributed by atoms with E-state index in [-0.39, 0.29) is 0 Å². The van der Waals surface area contributed by atoms with Crippen LogP contribution in [0, 0.1) is 0 Å². The van der Waals surface area contributed by atoms with E-state index < -0.39 is 17.9 Å². The molecule has 0 radical (unpaired) electrons. The molecule has 0 rings (SSSR count). The largest absolute Gasteiger partial charge is 0.481 e. The summed E-state index contributed by atoms with van der Waals surface area (Å²) >= 11 is 0. The van der Waals surface area contributed by atoms with Gasteiger partial charge in [0.1, 0.15) is 0 Å². The molecule has 0 aromatic carbocycles. The summed E-state index contributed by atoms with van der Waals surface area (Å²) in [5, 5.41) is 25.2. The van der Waals surface area contributed by atoms with Crippen molar-refractivity contribution in [3.05, 3.63) is 37.0 Å². The minimum atomic E-state index is -0.670. The third-order valence-corrected chi connectivity index (χ3v) is 6.71. The van der Waals surface area contributed by atoms with Crippen LogP contribution in [-0.4, -0.2) is 33.2 Å². The first-order valence-corrected chi connectivity index (χ1v) is 16.8. The Kier molecular flexibility index (Phi) is 42.8. The van der Waals surface area contributed by atoms with Crippen molar-refractivity contribution in [1.29, 1.82) is 0 Å². The molecule has 0 bridgehead atoms. The third-order valence-electron chi connectivity index (χ3n) is 6.71. The van der Waals surface area contributed by atoms with Crippen molar-refractivity contribution in [2.24, 2.45) is 0 Å². The van der Waals surface area contributed by atoms with E-state index in [1.165, 1.54) is 89.9 Å². The summed E-state index contributed by atoms with van der Waals surface area (Å²) in [6.07, 6.45) is 36.8. The highest BCUT2D eigenvalue weighted by molar-refractivity contribution is 5.67. The first-order chi connectivity index (χ1) is 20.3.